The van der Waals surface area contributed by atoms with Crippen molar-refractivity contribution < 1.29 is 4.79 Å². The van der Waals surface area contributed by atoms with Crippen LogP contribution in [0.5, 0.6) is 0 Å². The monoisotopic (exact) mass is 287 g/mol. The Labute approximate surface area is 124 Å². The second kappa shape index (κ2) is 6.88. The maximum Gasteiger partial charge on any atom is 0.251 e. The number of carbonyl (C=O) groups is 1. The fourth-order valence-corrected chi connectivity index (χ4v) is 2.18. The van der Waals surface area contributed by atoms with E-state index in [1.54, 1.807) is 0 Å². The molecular weight excluding hydrogens is 266 g/mol. The van der Waals surface area contributed by atoms with Crippen molar-refractivity contribution in [1.29, 1.82) is 0 Å². The van der Waals surface area contributed by atoms with E-state index in [2.05, 4.69) is 39.2 Å². The van der Waals surface area contributed by atoms with Gasteiger partial charge >= 0.3 is 0 Å². The quantitative estimate of drug-likeness (QED) is 0.853. The number of nitrogens with zero attached hydrogens (tertiary/aromatic N) is 3. The smallest absolute Gasteiger partial charge is 0.251 e. The number of hydrogen-bond donors (Lipinski definition) is 2. The lowest BCUT2D eigenvalue weighted by molar-refractivity contribution is 0.0938. The van der Waals surface area contributed by atoms with Crippen molar-refractivity contribution in [2.75, 3.05) is 18.0 Å². The Morgan fingerprint density at radius 3 is 2.48 bits per heavy atom. The molecule has 0 aliphatic rings. The molecule has 6 nitrogen and oxygen atoms in total. The van der Waals surface area contributed by atoms with Gasteiger partial charge in [-0.1, -0.05) is 0 Å². The third-order valence-corrected chi connectivity index (χ3v) is 3.45. The highest BCUT2D eigenvalue weighted by atomic mass is 16.1. The van der Waals surface area contributed by atoms with Crippen LogP contribution in [0.2, 0.25) is 0 Å². The average Bonchev–Trinajstić information content (AvgIpc) is 3.03. The summed E-state index contributed by atoms with van der Waals surface area (Å²) in [6, 6.07) is 7.43. The lowest BCUT2D eigenvalue weighted by Crippen LogP contribution is -2.27. The van der Waals surface area contributed by atoms with Crippen LogP contribution in [-0.4, -0.2) is 34.2 Å². The van der Waals surface area contributed by atoms with E-state index < -0.39 is 0 Å². The lowest BCUT2D eigenvalue weighted by Gasteiger charge is -2.21. The third kappa shape index (κ3) is 3.59. The van der Waals surface area contributed by atoms with E-state index in [4.69, 9.17) is 0 Å². The number of aromatic amines is 1. The standard InChI is InChI=1S/C15H21N5O/c1-4-20(5-2)13-8-6-12(7-9-13)15(21)18-11(3)14-16-10-17-19-14/h6-11H,4-5H2,1-3H3,(H,18,21)(H,16,17,19). The van der Waals surface area contributed by atoms with E-state index >= 15 is 0 Å². The minimum absolute atomic E-state index is 0.120. The van der Waals surface area contributed by atoms with E-state index in [9.17, 15) is 4.79 Å². The summed E-state index contributed by atoms with van der Waals surface area (Å²) in [5, 5.41) is 9.42. The van der Waals surface area contributed by atoms with Crippen molar-refractivity contribution in [2.45, 2.75) is 26.8 Å². The van der Waals surface area contributed by atoms with Crippen LogP contribution in [0.25, 0.3) is 0 Å². The van der Waals surface area contributed by atoms with Crippen LogP contribution in [-0.2, 0) is 0 Å². The zero-order valence-corrected chi connectivity index (χ0v) is 12.6. The minimum Gasteiger partial charge on any atom is -0.372 e. The largest absolute Gasteiger partial charge is 0.372 e. The Morgan fingerprint density at radius 2 is 1.95 bits per heavy atom. The number of amides is 1. The van der Waals surface area contributed by atoms with Crippen molar-refractivity contribution in [1.82, 2.24) is 20.5 Å². The fourth-order valence-electron chi connectivity index (χ4n) is 2.18. The van der Waals surface area contributed by atoms with Crippen LogP contribution in [0.15, 0.2) is 30.6 Å². The Balaban J connectivity index is 2.03. The molecule has 1 aromatic heterocycles. The van der Waals surface area contributed by atoms with Gasteiger partial charge in [0.1, 0.15) is 12.2 Å². The van der Waals surface area contributed by atoms with Gasteiger partial charge in [-0.05, 0) is 45.0 Å². The third-order valence-electron chi connectivity index (χ3n) is 3.45. The van der Waals surface area contributed by atoms with Gasteiger partial charge in [0.15, 0.2) is 0 Å². The van der Waals surface area contributed by atoms with Crippen LogP contribution in [0.4, 0.5) is 5.69 Å². The summed E-state index contributed by atoms with van der Waals surface area (Å²) in [7, 11) is 0. The highest BCUT2D eigenvalue weighted by Crippen LogP contribution is 2.15. The lowest BCUT2D eigenvalue weighted by atomic mass is 10.1. The molecule has 1 aromatic carbocycles. The van der Waals surface area contributed by atoms with Gasteiger partial charge < -0.3 is 10.2 Å². The van der Waals surface area contributed by atoms with Crippen molar-refractivity contribution >= 4 is 11.6 Å². The van der Waals surface area contributed by atoms with E-state index in [-0.39, 0.29) is 11.9 Å². The van der Waals surface area contributed by atoms with E-state index in [1.165, 1.54) is 6.33 Å². The molecule has 0 aliphatic carbocycles. The molecule has 0 saturated heterocycles. The van der Waals surface area contributed by atoms with Gasteiger partial charge in [-0.2, -0.15) is 5.10 Å². The molecule has 112 valence electrons. The van der Waals surface area contributed by atoms with E-state index in [0.29, 0.717) is 11.4 Å². The molecule has 0 spiro atoms. The fraction of sp³-hybridized carbons (Fsp3) is 0.400. The molecule has 0 fully saturated rings. The van der Waals surface area contributed by atoms with Crippen molar-refractivity contribution in [3.05, 3.63) is 42.0 Å². The van der Waals surface area contributed by atoms with E-state index in [0.717, 1.165) is 18.8 Å². The second-order valence-corrected chi connectivity index (χ2v) is 4.79. The molecule has 1 heterocycles. The predicted octanol–water partition coefficient (Wildman–Crippen LogP) is 2.14. The molecule has 6 heteroatoms. The molecule has 1 unspecified atom stereocenters. The summed E-state index contributed by atoms with van der Waals surface area (Å²) >= 11 is 0. The first-order valence-electron chi connectivity index (χ1n) is 7.16. The molecule has 0 aliphatic heterocycles. The summed E-state index contributed by atoms with van der Waals surface area (Å²) in [5.41, 5.74) is 1.76. The summed E-state index contributed by atoms with van der Waals surface area (Å²) in [5.74, 6) is 0.521. The molecule has 1 amide bonds. The molecule has 2 aromatic rings. The maximum absolute atomic E-state index is 12.2. The zero-order chi connectivity index (χ0) is 15.2. The minimum atomic E-state index is -0.206. The van der Waals surface area contributed by atoms with Gasteiger partial charge in [0, 0.05) is 24.3 Å². The number of carbonyl (C=O) groups excluding carboxylic acids is 1. The number of rotatable bonds is 6. The Morgan fingerprint density at radius 1 is 1.29 bits per heavy atom. The molecule has 0 radical (unpaired) electrons. The maximum atomic E-state index is 12.2. The summed E-state index contributed by atoms with van der Waals surface area (Å²) in [4.78, 5) is 18.5. The Hall–Kier alpha value is -2.37. The second-order valence-electron chi connectivity index (χ2n) is 4.79. The Kier molecular flexibility index (Phi) is 4.92. The van der Waals surface area contributed by atoms with Crippen LogP contribution in [0, 0.1) is 0 Å². The number of benzene rings is 1. The first kappa shape index (κ1) is 15.0. The number of hydrogen-bond acceptors (Lipinski definition) is 4. The summed E-state index contributed by atoms with van der Waals surface area (Å²) < 4.78 is 0. The van der Waals surface area contributed by atoms with Crippen LogP contribution in [0.1, 0.15) is 43.0 Å². The Bertz CT molecular complexity index is 560. The predicted molar refractivity (Wildman–Crippen MR) is 82.3 cm³/mol. The number of anilines is 1. The summed E-state index contributed by atoms with van der Waals surface area (Å²) in [6.45, 7) is 7.99. The van der Waals surface area contributed by atoms with Crippen molar-refractivity contribution in [2.24, 2.45) is 0 Å². The van der Waals surface area contributed by atoms with Crippen molar-refractivity contribution in [3.63, 3.8) is 0 Å². The summed E-state index contributed by atoms with van der Waals surface area (Å²) in [6.07, 6.45) is 1.43. The topological polar surface area (TPSA) is 73.9 Å². The van der Waals surface area contributed by atoms with Gasteiger partial charge in [-0.3, -0.25) is 9.89 Å². The number of aromatic nitrogens is 3. The van der Waals surface area contributed by atoms with Crippen LogP contribution in [0.3, 0.4) is 0 Å². The molecule has 21 heavy (non-hydrogen) atoms. The van der Waals surface area contributed by atoms with Crippen LogP contribution < -0.4 is 10.2 Å². The van der Waals surface area contributed by atoms with Crippen LogP contribution >= 0.6 is 0 Å². The molecule has 1 atom stereocenters. The molecule has 0 bridgehead atoms. The molecular formula is C15H21N5O. The first-order chi connectivity index (χ1) is 10.2. The molecule has 0 saturated carbocycles. The molecule has 2 rings (SSSR count). The molecule has 2 N–H and O–H groups in total. The SMILES string of the molecule is CCN(CC)c1ccc(C(=O)NC(C)c2ncn[nH]2)cc1. The number of nitrogens with one attached hydrogen (secondary N) is 2. The van der Waals surface area contributed by atoms with Gasteiger partial charge in [-0.15, -0.1) is 0 Å². The van der Waals surface area contributed by atoms with Gasteiger partial charge in [0.2, 0.25) is 0 Å². The van der Waals surface area contributed by atoms with Gasteiger partial charge in [0.05, 0.1) is 6.04 Å². The zero-order valence-electron chi connectivity index (χ0n) is 12.6. The van der Waals surface area contributed by atoms with E-state index in [1.807, 2.05) is 31.2 Å². The van der Waals surface area contributed by atoms with Crippen molar-refractivity contribution in [3.8, 4) is 0 Å². The number of H-pyrrole nitrogens is 1. The highest BCUT2D eigenvalue weighted by Gasteiger charge is 2.13. The normalized spacial score (nSPS) is 12.0. The van der Waals surface area contributed by atoms with Gasteiger partial charge in [0.25, 0.3) is 5.91 Å². The highest BCUT2D eigenvalue weighted by molar-refractivity contribution is 5.94. The first-order valence-corrected chi connectivity index (χ1v) is 7.16. The average molecular weight is 287 g/mol. The van der Waals surface area contributed by atoms with Gasteiger partial charge in [-0.25, -0.2) is 4.98 Å².